The van der Waals surface area contributed by atoms with Crippen molar-refractivity contribution >= 4 is 17.0 Å². The van der Waals surface area contributed by atoms with E-state index in [1.165, 1.54) is 0 Å². The topological polar surface area (TPSA) is 33.2 Å². The van der Waals surface area contributed by atoms with Crippen LogP contribution in [-0.2, 0) is 0 Å². The molecule has 1 amide bonds. The number of halogens is 1. The number of hydrogen-bond acceptors (Lipinski definition) is 2. The normalized spacial score (nSPS) is 21.2. The minimum absolute atomic E-state index is 0.119. The van der Waals surface area contributed by atoms with E-state index < -0.39 is 0 Å². The van der Waals surface area contributed by atoms with Crippen molar-refractivity contribution < 1.29 is 4.79 Å². The molecule has 1 aliphatic rings. The Bertz CT molecular complexity index is 328. The zero-order chi connectivity index (χ0) is 9.97. The lowest BCUT2D eigenvalue weighted by atomic mass is 10.1. The molecule has 1 fully saturated rings. The number of amides is 1. The fourth-order valence-corrected chi connectivity index (χ4v) is 2.10. The SMILES string of the molecule is O=C(Cl)N1CCCC1c1cccnc1. The van der Waals surface area contributed by atoms with Gasteiger partial charge in [-0.25, -0.2) is 0 Å². The number of aromatic nitrogens is 1. The van der Waals surface area contributed by atoms with Crippen molar-refractivity contribution in [1.29, 1.82) is 0 Å². The Morgan fingerprint density at radius 1 is 1.64 bits per heavy atom. The van der Waals surface area contributed by atoms with E-state index in [1.807, 2.05) is 12.1 Å². The summed E-state index contributed by atoms with van der Waals surface area (Å²) >= 11 is 5.50. The lowest BCUT2D eigenvalue weighted by Gasteiger charge is -2.21. The van der Waals surface area contributed by atoms with Crippen LogP contribution in [0.25, 0.3) is 0 Å². The maximum Gasteiger partial charge on any atom is 0.316 e. The van der Waals surface area contributed by atoms with Gasteiger partial charge in [-0.3, -0.25) is 9.78 Å². The monoisotopic (exact) mass is 210 g/mol. The van der Waals surface area contributed by atoms with Crippen molar-refractivity contribution in [2.75, 3.05) is 6.54 Å². The zero-order valence-electron chi connectivity index (χ0n) is 7.69. The fraction of sp³-hybridized carbons (Fsp3) is 0.400. The van der Waals surface area contributed by atoms with E-state index in [2.05, 4.69) is 4.98 Å². The Kier molecular flexibility index (Phi) is 2.68. The Hall–Kier alpha value is -1.09. The molecule has 0 aromatic carbocycles. The molecule has 1 saturated heterocycles. The van der Waals surface area contributed by atoms with E-state index in [4.69, 9.17) is 11.6 Å². The standard InChI is InChI=1S/C10H11ClN2O/c11-10(14)13-6-2-4-9(13)8-3-1-5-12-7-8/h1,3,5,7,9H,2,4,6H2. The molecule has 0 radical (unpaired) electrons. The van der Waals surface area contributed by atoms with Crippen LogP contribution in [0.3, 0.4) is 0 Å². The third-order valence-electron chi connectivity index (χ3n) is 2.55. The van der Waals surface area contributed by atoms with Crippen LogP contribution in [0, 0.1) is 0 Å². The van der Waals surface area contributed by atoms with Gasteiger partial charge in [-0.1, -0.05) is 6.07 Å². The van der Waals surface area contributed by atoms with Crippen molar-refractivity contribution in [2.45, 2.75) is 18.9 Å². The summed E-state index contributed by atoms with van der Waals surface area (Å²) in [5.41, 5.74) is 1.07. The highest BCUT2D eigenvalue weighted by atomic mass is 35.5. The summed E-state index contributed by atoms with van der Waals surface area (Å²) < 4.78 is 0. The van der Waals surface area contributed by atoms with Crippen LogP contribution in [0.2, 0.25) is 0 Å². The van der Waals surface area contributed by atoms with Gasteiger partial charge in [0.25, 0.3) is 0 Å². The van der Waals surface area contributed by atoms with Gasteiger partial charge < -0.3 is 4.90 Å². The molecule has 1 aromatic rings. The molecule has 0 aliphatic carbocycles. The van der Waals surface area contributed by atoms with Crippen LogP contribution in [0.15, 0.2) is 24.5 Å². The van der Waals surface area contributed by atoms with Crippen LogP contribution in [0.4, 0.5) is 4.79 Å². The Morgan fingerprint density at radius 3 is 3.14 bits per heavy atom. The maximum atomic E-state index is 11.1. The van der Waals surface area contributed by atoms with Gasteiger partial charge in [-0.15, -0.1) is 0 Å². The van der Waals surface area contributed by atoms with Gasteiger partial charge in [0, 0.05) is 18.9 Å². The highest BCUT2D eigenvalue weighted by molar-refractivity contribution is 6.62. The second kappa shape index (κ2) is 3.96. The van der Waals surface area contributed by atoms with Crippen LogP contribution in [0.1, 0.15) is 24.4 Å². The second-order valence-corrected chi connectivity index (χ2v) is 3.71. The average molecular weight is 211 g/mol. The Balaban J connectivity index is 2.22. The molecule has 74 valence electrons. The molecule has 0 spiro atoms. The highest BCUT2D eigenvalue weighted by Crippen LogP contribution is 2.32. The van der Waals surface area contributed by atoms with Crippen molar-refractivity contribution in [3.8, 4) is 0 Å². The summed E-state index contributed by atoms with van der Waals surface area (Å²) in [7, 11) is 0. The molecule has 1 aromatic heterocycles. The molecule has 14 heavy (non-hydrogen) atoms. The van der Waals surface area contributed by atoms with Crippen molar-refractivity contribution in [2.24, 2.45) is 0 Å². The molecule has 0 N–H and O–H groups in total. The number of pyridine rings is 1. The Labute approximate surface area is 87.7 Å². The quantitative estimate of drug-likeness (QED) is 0.527. The number of hydrogen-bond donors (Lipinski definition) is 0. The van der Waals surface area contributed by atoms with Gasteiger partial charge in [-0.2, -0.15) is 0 Å². The fourth-order valence-electron chi connectivity index (χ4n) is 1.90. The minimum Gasteiger partial charge on any atom is -0.322 e. The van der Waals surface area contributed by atoms with Gasteiger partial charge in [0.05, 0.1) is 6.04 Å². The highest BCUT2D eigenvalue weighted by Gasteiger charge is 2.28. The molecule has 1 aliphatic heterocycles. The summed E-state index contributed by atoms with van der Waals surface area (Å²) in [5.74, 6) is 0. The predicted molar refractivity (Wildman–Crippen MR) is 54.2 cm³/mol. The third kappa shape index (κ3) is 1.73. The van der Waals surface area contributed by atoms with E-state index >= 15 is 0 Å². The van der Waals surface area contributed by atoms with Gasteiger partial charge in [0.2, 0.25) is 0 Å². The lowest BCUT2D eigenvalue weighted by Crippen LogP contribution is -2.25. The van der Waals surface area contributed by atoms with Gasteiger partial charge in [0.1, 0.15) is 0 Å². The van der Waals surface area contributed by atoms with E-state index in [0.29, 0.717) is 0 Å². The first-order valence-electron chi connectivity index (χ1n) is 4.65. The molecule has 3 nitrogen and oxygen atoms in total. The molecule has 1 unspecified atom stereocenters. The number of rotatable bonds is 1. The molecule has 2 rings (SSSR count). The van der Waals surface area contributed by atoms with E-state index in [9.17, 15) is 4.79 Å². The molecular weight excluding hydrogens is 200 g/mol. The molecule has 4 heteroatoms. The number of nitrogens with zero attached hydrogens (tertiary/aromatic N) is 2. The summed E-state index contributed by atoms with van der Waals surface area (Å²) in [6, 6.07) is 3.98. The largest absolute Gasteiger partial charge is 0.322 e. The van der Waals surface area contributed by atoms with E-state index in [-0.39, 0.29) is 11.4 Å². The second-order valence-electron chi connectivity index (χ2n) is 3.39. The number of likely N-dealkylation sites (tertiary alicyclic amines) is 1. The number of carbonyl (C=O) groups excluding carboxylic acids is 1. The third-order valence-corrected chi connectivity index (χ3v) is 2.76. The molecule has 1 atom stereocenters. The van der Waals surface area contributed by atoms with Crippen molar-refractivity contribution in [3.63, 3.8) is 0 Å². The van der Waals surface area contributed by atoms with Gasteiger partial charge in [0.15, 0.2) is 0 Å². The van der Waals surface area contributed by atoms with Crippen LogP contribution < -0.4 is 0 Å². The molecule has 0 bridgehead atoms. The number of carbonyl (C=O) groups is 1. The van der Waals surface area contributed by atoms with Gasteiger partial charge >= 0.3 is 5.37 Å². The smallest absolute Gasteiger partial charge is 0.316 e. The first-order chi connectivity index (χ1) is 6.79. The summed E-state index contributed by atoms with van der Waals surface area (Å²) in [6.07, 6.45) is 5.51. The van der Waals surface area contributed by atoms with Crippen LogP contribution in [-0.4, -0.2) is 21.8 Å². The zero-order valence-corrected chi connectivity index (χ0v) is 8.44. The first kappa shape index (κ1) is 9.46. The van der Waals surface area contributed by atoms with Crippen molar-refractivity contribution in [1.82, 2.24) is 9.88 Å². The maximum absolute atomic E-state index is 11.1. The first-order valence-corrected chi connectivity index (χ1v) is 5.03. The molecule has 0 saturated carbocycles. The summed E-state index contributed by atoms with van der Waals surface area (Å²) in [4.78, 5) is 16.8. The predicted octanol–water partition coefficient (Wildman–Crippen LogP) is 2.58. The van der Waals surface area contributed by atoms with E-state index in [1.54, 1.807) is 17.3 Å². The van der Waals surface area contributed by atoms with Crippen molar-refractivity contribution in [3.05, 3.63) is 30.1 Å². The lowest BCUT2D eigenvalue weighted by molar-refractivity contribution is 0.217. The molecular formula is C10H11ClN2O. The van der Waals surface area contributed by atoms with Gasteiger partial charge in [-0.05, 0) is 36.1 Å². The van der Waals surface area contributed by atoms with E-state index in [0.717, 1.165) is 24.9 Å². The summed E-state index contributed by atoms with van der Waals surface area (Å²) in [6.45, 7) is 0.752. The summed E-state index contributed by atoms with van der Waals surface area (Å²) in [5, 5.41) is -0.364. The Morgan fingerprint density at radius 2 is 2.50 bits per heavy atom. The van der Waals surface area contributed by atoms with Crippen LogP contribution in [0.5, 0.6) is 0 Å². The minimum atomic E-state index is -0.364. The van der Waals surface area contributed by atoms with Crippen LogP contribution >= 0.6 is 11.6 Å². The average Bonchev–Trinajstić information content (AvgIpc) is 2.67. The molecule has 2 heterocycles.